The van der Waals surface area contributed by atoms with Gasteiger partial charge in [-0.25, -0.2) is 0 Å². The first kappa shape index (κ1) is 32.0. The van der Waals surface area contributed by atoms with Crippen LogP contribution in [-0.4, -0.2) is 56.4 Å². The topological polar surface area (TPSA) is 56.4 Å². The number of rotatable bonds is 0. The molecule has 0 bridgehead atoms. The van der Waals surface area contributed by atoms with E-state index in [1.54, 1.807) is 56.4 Å². The van der Waals surface area contributed by atoms with Crippen molar-refractivity contribution in [3.05, 3.63) is 57.2 Å². The molecular weight excluding hydrogens is 327 g/mol. The quantitative estimate of drug-likeness (QED) is 0.656. The molecule has 0 atom stereocenters. The van der Waals surface area contributed by atoms with E-state index in [0.717, 1.165) is 0 Å². The minimum atomic E-state index is 0. The van der Waals surface area contributed by atoms with Crippen molar-refractivity contribution in [3.8, 4) is 0 Å². The normalized spacial score (nSPS) is 6.65. The molecule has 0 aliphatic carbocycles. The molecule has 0 fully saturated rings. The van der Waals surface area contributed by atoms with E-state index >= 15 is 0 Å². The maximum atomic E-state index is 3.50. The van der Waals surface area contributed by atoms with Crippen molar-refractivity contribution in [2.75, 3.05) is 56.4 Å². The SMILES string of the molecule is C[N-]C.C[N-]C.C[N-]C.C[N-]C.Cc1ccccc1.[Zr+4]. The van der Waals surface area contributed by atoms with Crippen molar-refractivity contribution in [1.82, 2.24) is 0 Å². The first-order chi connectivity index (χ1) is 9.05. The molecule has 0 radical (unpaired) electrons. The van der Waals surface area contributed by atoms with Crippen LogP contribution in [0.15, 0.2) is 30.3 Å². The van der Waals surface area contributed by atoms with Gasteiger partial charge in [-0.05, 0) is 6.92 Å². The molecule has 1 rings (SSSR count). The van der Waals surface area contributed by atoms with Gasteiger partial charge in [0.05, 0.1) is 0 Å². The van der Waals surface area contributed by atoms with Gasteiger partial charge >= 0.3 is 26.2 Å². The molecule has 0 saturated carbocycles. The largest absolute Gasteiger partial charge is 4.00 e. The summed E-state index contributed by atoms with van der Waals surface area (Å²) in [5.74, 6) is 0. The zero-order valence-electron chi connectivity index (χ0n) is 14.7. The predicted molar refractivity (Wildman–Crippen MR) is 92.0 cm³/mol. The van der Waals surface area contributed by atoms with Gasteiger partial charge in [0.15, 0.2) is 0 Å². The summed E-state index contributed by atoms with van der Waals surface area (Å²) in [6.07, 6.45) is 0. The van der Waals surface area contributed by atoms with Gasteiger partial charge in [-0.3, -0.25) is 0 Å². The van der Waals surface area contributed by atoms with Gasteiger partial charge in [-0.2, -0.15) is 56.4 Å². The monoisotopic (exact) mass is 358 g/mol. The van der Waals surface area contributed by atoms with E-state index in [4.69, 9.17) is 0 Å². The van der Waals surface area contributed by atoms with Crippen molar-refractivity contribution in [1.29, 1.82) is 0 Å². The third kappa shape index (κ3) is 81.6. The molecule has 0 spiro atoms. The molecule has 5 heteroatoms. The van der Waals surface area contributed by atoms with Gasteiger partial charge in [-0.15, -0.1) is 0 Å². The van der Waals surface area contributed by atoms with E-state index in [1.165, 1.54) is 5.56 Å². The first-order valence-electron chi connectivity index (χ1n) is 5.99. The summed E-state index contributed by atoms with van der Waals surface area (Å²) in [5.41, 5.74) is 1.32. The Balaban J connectivity index is -0.0000000505. The molecule has 0 aliphatic rings. The van der Waals surface area contributed by atoms with Crippen LogP contribution in [0.1, 0.15) is 5.56 Å². The van der Waals surface area contributed by atoms with Crippen LogP contribution in [0.25, 0.3) is 21.3 Å². The predicted octanol–water partition coefficient (Wildman–Crippen LogP) is 4.47. The van der Waals surface area contributed by atoms with Crippen LogP contribution in [0, 0.1) is 6.92 Å². The standard InChI is InChI=1S/C7H8.4C2H6N.Zr/c1-7-5-3-2-4-6-7;4*1-3-2;/h2-6H,1H3;4*1-2H3;/q;4*-1;+4. The Morgan fingerprint density at radius 1 is 0.550 bits per heavy atom. The van der Waals surface area contributed by atoms with Crippen LogP contribution >= 0.6 is 0 Å². The van der Waals surface area contributed by atoms with Crippen molar-refractivity contribution in [2.24, 2.45) is 0 Å². The van der Waals surface area contributed by atoms with Gasteiger partial charge in [0.2, 0.25) is 0 Å². The Morgan fingerprint density at radius 2 is 0.750 bits per heavy atom. The zero-order valence-corrected chi connectivity index (χ0v) is 17.1. The smallest absolute Gasteiger partial charge is 0.668 e. The molecule has 0 saturated heterocycles. The third-order valence-corrected chi connectivity index (χ3v) is 0.940. The fraction of sp³-hybridized carbons (Fsp3) is 0.600. The second-order valence-corrected chi connectivity index (χ2v) is 3.44. The molecular formula is C15H32N4Zr. The fourth-order valence-electron chi connectivity index (χ4n) is 0.534. The second kappa shape index (κ2) is 42.8. The Morgan fingerprint density at radius 3 is 0.850 bits per heavy atom. The molecule has 0 unspecified atom stereocenters. The maximum absolute atomic E-state index is 3.50. The van der Waals surface area contributed by atoms with Crippen LogP contribution in [0.2, 0.25) is 0 Å². The minimum absolute atomic E-state index is 0. The fourth-order valence-corrected chi connectivity index (χ4v) is 0.534. The van der Waals surface area contributed by atoms with Crippen LogP contribution in [0.4, 0.5) is 0 Å². The molecule has 0 aliphatic heterocycles. The molecule has 20 heavy (non-hydrogen) atoms. The van der Waals surface area contributed by atoms with E-state index < -0.39 is 0 Å². The summed E-state index contributed by atoms with van der Waals surface area (Å²) in [4.78, 5) is 0. The van der Waals surface area contributed by atoms with Crippen LogP contribution < -0.4 is 0 Å². The Bertz CT molecular complexity index is 188. The van der Waals surface area contributed by atoms with E-state index in [0.29, 0.717) is 0 Å². The van der Waals surface area contributed by atoms with Crippen molar-refractivity contribution >= 4 is 0 Å². The van der Waals surface area contributed by atoms with Gasteiger partial charge in [0.25, 0.3) is 0 Å². The Kier molecular flexibility index (Phi) is 68.5. The number of aryl methyl sites for hydroxylation is 1. The Labute approximate surface area is 146 Å². The second-order valence-electron chi connectivity index (χ2n) is 3.44. The maximum Gasteiger partial charge on any atom is 4.00 e. The molecule has 116 valence electrons. The molecule has 4 nitrogen and oxygen atoms in total. The first-order valence-corrected chi connectivity index (χ1v) is 5.99. The van der Waals surface area contributed by atoms with Crippen LogP contribution in [0.5, 0.6) is 0 Å². The van der Waals surface area contributed by atoms with Crippen molar-refractivity contribution in [2.45, 2.75) is 6.92 Å². The van der Waals surface area contributed by atoms with E-state index in [-0.39, 0.29) is 26.2 Å². The molecule has 1 aromatic rings. The van der Waals surface area contributed by atoms with Gasteiger partial charge in [-0.1, -0.05) is 35.9 Å². The molecule has 0 aromatic heterocycles. The molecule has 0 amide bonds. The zero-order chi connectivity index (χ0) is 15.9. The number of hydrogen-bond acceptors (Lipinski definition) is 0. The van der Waals surface area contributed by atoms with Crippen LogP contribution in [-0.2, 0) is 26.2 Å². The number of nitrogens with zero attached hydrogens (tertiary/aromatic N) is 4. The summed E-state index contributed by atoms with van der Waals surface area (Å²) < 4.78 is 0. The molecule has 0 N–H and O–H groups in total. The summed E-state index contributed by atoms with van der Waals surface area (Å²) in [7, 11) is 14.0. The molecule has 0 heterocycles. The van der Waals surface area contributed by atoms with Crippen molar-refractivity contribution in [3.63, 3.8) is 0 Å². The van der Waals surface area contributed by atoms with Gasteiger partial charge in [0, 0.05) is 0 Å². The summed E-state index contributed by atoms with van der Waals surface area (Å²) in [6, 6.07) is 10.3. The van der Waals surface area contributed by atoms with Gasteiger partial charge < -0.3 is 21.3 Å². The van der Waals surface area contributed by atoms with E-state index in [1.807, 2.05) is 18.2 Å². The average Bonchev–Trinajstić information content (AvgIpc) is 2.34. The van der Waals surface area contributed by atoms with Crippen molar-refractivity contribution < 1.29 is 26.2 Å². The number of benzene rings is 1. The van der Waals surface area contributed by atoms with E-state index in [9.17, 15) is 0 Å². The summed E-state index contributed by atoms with van der Waals surface area (Å²) >= 11 is 0. The van der Waals surface area contributed by atoms with Crippen LogP contribution in [0.3, 0.4) is 0 Å². The van der Waals surface area contributed by atoms with Gasteiger partial charge in [0.1, 0.15) is 0 Å². The molecule has 1 aromatic carbocycles. The number of hydrogen-bond donors (Lipinski definition) is 0. The minimum Gasteiger partial charge on any atom is -0.668 e. The summed E-state index contributed by atoms with van der Waals surface area (Å²) in [6.45, 7) is 2.08. The summed E-state index contributed by atoms with van der Waals surface area (Å²) in [5, 5.41) is 14.0. The third-order valence-electron chi connectivity index (χ3n) is 0.940. The average molecular weight is 360 g/mol. The van der Waals surface area contributed by atoms with E-state index in [2.05, 4.69) is 40.3 Å². The Hall–Kier alpha value is -0.0569.